The first kappa shape index (κ1) is 19.7. The normalized spacial score (nSPS) is 33.8. The first-order valence-electron chi connectivity index (χ1n) is 8.71. The molecule has 2 saturated heterocycles. The number of nitrogens with zero attached hydrogens (tertiary/aromatic N) is 2. The molecule has 0 aromatic carbocycles. The zero-order valence-corrected chi connectivity index (χ0v) is 16.0. The Bertz CT molecular complexity index is 728. The van der Waals surface area contributed by atoms with Crippen LogP contribution in [0.2, 0.25) is 0 Å². The number of thioether (sulfide) groups is 1. The lowest BCUT2D eigenvalue weighted by atomic mass is 9.79. The number of aliphatic hydroxyl groups excluding tert-OH is 1. The smallest absolute Gasteiger partial charge is 0.407 e. The van der Waals surface area contributed by atoms with E-state index in [0.717, 1.165) is 4.90 Å². The van der Waals surface area contributed by atoms with Gasteiger partial charge in [0.2, 0.25) is 5.91 Å². The van der Waals surface area contributed by atoms with Crippen LogP contribution in [0.5, 0.6) is 0 Å². The molecule has 0 saturated carbocycles. The molecule has 9 nitrogen and oxygen atoms in total. The number of hydrogen-bond acceptors (Lipinski definition) is 6. The summed E-state index contributed by atoms with van der Waals surface area (Å²) in [4.78, 5) is 50.1. The van der Waals surface area contributed by atoms with Gasteiger partial charge in [0.25, 0.3) is 0 Å². The second kappa shape index (κ2) is 6.83. The molecule has 27 heavy (non-hydrogen) atoms. The number of ketones is 1. The van der Waals surface area contributed by atoms with Crippen molar-refractivity contribution in [3.8, 4) is 0 Å². The number of carboxylic acids is 1. The van der Waals surface area contributed by atoms with E-state index in [-0.39, 0.29) is 29.2 Å². The van der Waals surface area contributed by atoms with Crippen LogP contribution < -0.4 is 0 Å². The summed E-state index contributed by atoms with van der Waals surface area (Å²) in [5.74, 6) is -2.80. The molecule has 3 heterocycles. The molecule has 6 unspecified atom stereocenters. The second-order valence-electron chi connectivity index (χ2n) is 7.31. The number of rotatable bonds is 5. The first-order chi connectivity index (χ1) is 12.6. The quantitative estimate of drug-likeness (QED) is 0.573. The summed E-state index contributed by atoms with van der Waals surface area (Å²) in [5.41, 5.74) is -0.0902. The number of aliphatic carboxylic acids is 1. The fraction of sp³-hybridized carbons (Fsp3) is 0.647. The highest BCUT2D eigenvalue weighted by atomic mass is 32.2. The summed E-state index contributed by atoms with van der Waals surface area (Å²) >= 11 is 1.23. The number of carbonyl (C=O) groups is 4. The molecule has 0 aromatic rings. The molecule has 6 atom stereocenters. The molecule has 10 heteroatoms. The third-order valence-corrected chi connectivity index (χ3v) is 7.08. The molecule has 0 bridgehead atoms. The number of aliphatic hydroxyl groups is 1. The molecule has 3 rings (SSSR count). The van der Waals surface area contributed by atoms with Crippen LogP contribution in [0, 0.1) is 11.8 Å². The minimum absolute atomic E-state index is 0.0902. The highest BCUT2D eigenvalue weighted by Crippen LogP contribution is 2.52. The van der Waals surface area contributed by atoms with Crippen molar-refractivity contribution in [2.75, 3.05) is 6.54 Å². The lowest BCUT2D eigenvalue weighted by molar-refractivity contribution is -0.163. The molecule has 148 valence electrons. The van der Waals surface area contributed by atoms with Crippen LogP contribution in [0.4, 0.5) is 4.79 Å². The van der Waals surface area contributed by atoms with E-state index < -0.39 is 42.1 Å². The number of amides is 2. The van der Waals surface area contributed by atoms with E-state index in [1.165, 1.54) is 30.5 Å². The summed E-state index contributed by atoms with van der Waals surface area (Å²) in [6.07, 6.45) is -1.76. The van der Waals surface area contributed by atoms with E-state index in [1.54, 1.807) is 0 Å². The predicted octanol–water partition coefficient (Wildman–Crippen LogP) is 0.583. The van der Waals surface area contributed by atoms with Gasteiger partial charge in [-0.1, -0.05) is 6.92 Å². The molecule has 0 aromatic heterocycles. The summed E-state index contributed by atoms with van der Waals surface area (Å²) < 4.78 is 0. The van der Waals surface area contributed by atoms with Crippen LogP contribution in [-0.4, -0.2) is 78.9 Å². The van der Waals surface area contributed by atoms with Crippen molar-refractivity contribution in [3.05, 3.63) is 10.6 Å². The van der Waals surface area contributed by atoms with E-state index in [9.17, 15) is 34.5 Å². The molecule has 2 fully saturated rings. The highest BCUT2D eigenvalue weighted by molar-refractivity contribution is 8.03. The van der Waals surface area contributed by atoms with Crippen LogP contribution in [0.15, 0.2) is 10.6 Å². The van der Waals surface area contributed by atoms with Gasteiger partial charge in [0.15, 0.2) is 5.78 Å². The van der Waals surface area contributed by atoms with Crippen molar-refractivity contribution in [2.24, 2.45) is 11.8 Å². The van der Waals surface area contributed by atoms with Crippen molar-refractivity contribution >= 4 is 35.5 Å². The largest absolute Gasteiger partial charge is 0.477 e. The number of likely N-dealkylation sites (tertiary alicyclic amines) is 1. The van der Waals surface area contributed by atoms with Crippen LogP contribution in [0.1, 0.15) is 27.2 Å². The maximum Gasteiger partial charge on any atom is 0.407 e. The molecular weight excluding hydrogens is 376 g/mol. The van der Waals surface area contributed by atoms with Crippen LogP contribution in [0.3, 0.4) is 0 Å². The Morgan fingerprint density at radius 3 is 2.33 bits per heavy atom. The van der Waals surface area contributed by atoms with E-state index in [1.807, 2.05) is 6.92 Å². The Hall–Kier alpha value is -2.07. The fourth-order valence-electron chi connectivity index (χ4n) is 4.34. The highest BCUT2D eigenvalue weighted by Gasteiger charge is 2.60. The summed E-state index contributed by atoms with van der Waals surface area (Å²) in [5, 5.41) is 28.5. The van der Waals surface area contributed by atoms with Crippen LogP contribution in [-0.2, 0) is 14.4 Å². The van der Waals surface area contributed by atoms with Crippen LogP contribution in [0.25, 0.3) is 0 Å². The average molecular weight is 398 g/mol. The fourth-order valence-corrected chi connectivity index (χ4v) is 5.86. The number of carboxylic acid groups (broad SMARTS) is 2. The lowest BCUT2D eigenvalue weighted by Gasteiger charge is -2.46. The zero-order chi connectivity index (χ0) is 20.2. The van der Waals surface area contributed by atoms with E-state index in [4.69, 9.17) is 0 Å². The third kappa shape index (κ3) is 3.00. The standard InChI is InChI=1S/C17H22N2O7S/c1-6-12-11(8(3)21)15(22)19(12)13(16(23)24)14(6)27-9-4-10(7(2)20)18(5-9)17(25)26/h6,8-12,21H,4-5H2,1-3H3,(H,23,24)(H,25,26). The number of fused-ring (bicyclic) bond motifs is 1. The zero-order valence-electron chi connectivity index (χ0n) is 15.2. The van der Waals surface area contributed by atoms with Gasteiger partial charge in [0.05, 0.1) is 24.1 Å². The van der Waals surface area contributed by atoms with Gasteiger partial charge >= 0.3 is 12.1 Å². The molecular formula is C17H22N2O7S. The maximum absolute atomic E-state index is 12.3. The molecule has 2 amide bonds. The molecule has 0 spiro atoms. The summed E-state index contributed by atoms with van der Waals surface area (Å²) in [6.45, 7) is 4.78. The molecule has 3 aliphatic rings. The summed E-state index contributed by atoms with van der Waals surface area (Å²) in [6, 6.07) is -1.15. The Morgan fingerprint density at radius 2 is 1.89 bits per heavy atom. The maximum atomic E-state index is 12.3. The van der Waals surface area contributed by atoms with Gasteiger partial charge in [-0.15, -0.1) is 11.8 Å². The lowest BCUT2D eigenvalue weighted by Crippen LogP contribution is -2.63. The van der Waals surface area contributed by atoms with Gasteiger partial charge < -0.3 is 20.2 Å². The van der Waals surface area contributed by atoms with Gasteiger partial charge in [-0.25, -0.2) is 9.59 Å². The number of β-lactam (4-membered cyclic amide) rings is 1. The Balaban J connectivity index is 1.86. The monoisotopic (exact) mass is 398 g/mol. The number of hydrogen-bond donors (Lipinski definition) is 3. The SMILES string of the molecule is CC(=O)C1CC(SC2=C(C(=O)O)N3C(=O)C(C(C)O)C3C2C)CN1C(=O)O. The van der Waals surface area contributed by atoms with Gasteiger partial charge in [-0.05, 0) is 20.3 Å². The number of carbonyl (C=O) groups excluding carboxylic acids is 2. The topological polar surface area (TPSA) is 135 Å². The second-order valence-corrected chi connectivity index (χ2v) is 8.65. The van der Waals surface area contributed by atoms with E-state index >= 15 is 0 Å². The van der Waals surface area contributed by atoms with Crippen molar-refractivity contribution in [1.29, 1.82) is 0 Å². The van der Waals surface area contributed by atoms with Gasteiger partial charge in [-0.2, -0.15) is 0 Å². The predicted molar refractivity (Wildman–Crippen MR) is 94.8 cm³/mol. The minimum atomic E-state index is -1.22. The Kier molecular flexibility index (Phi) is 4.98. The first-order valence-corrected chi connectivity index (χ1v) is 9.59. The van der Waals surface area contributed by atoms with Crippen LogP contribution >= 0.6 is 11.8 Å². The minimum Gasteiger partial charge on any atom is -0.477 e. The molecule has 0 aliphatic carbocycles. The van der Waals surface area contributed by atoms with Gasteiger partial charge in [0.1, 0.15) is 5.70 Å². The Morgan fingerprint density at radius 1 is 1.26 bits per heavy atom. The molecule has 0 radical (unpaired) electrons. The Labute approximate surface area is 160 Å². The summed E-state index contributed by atoms with van der Waals surface area (Å²) in [7, 11) is 0. The number of Topliss-reactive ketones (excluding diaryl/α,β-unsaturated/α-hetero) is 1. The van der Waals surface area contributed by atoms with E-state index in [0.29, 0.717) is 11.3 Å². The van der Waals surface area contributed by atoms with E-state index in [2.05, 4.69) is 0 Å². The molecule has 3 N–H and O–H groups in total. The third-order valence-electron chi connectivity index (χ3n) is 5.58. The average Bonchev–Trinajstić information content (AvgIpc) is 3.07. The van der Waals surface area contributed by atoms with Crippen molar-refractivity contribution < 1.29 is 34.5 Å². The van der Waals surface area contributed by atoms with Crippen molar-refractivity contribution in [2.45, 2.75) is 50.6 Å². The van der Waals surface area contributed by atoms with Crippen molar-refractivity contribution in [3.63, 3.8) is 0 Å². The van der Waals surface area contributed by atoms with Gasteiger partial charge in [0, 0.05) is 22.6 Å². The molecule has 3 aliphatic heterocycles. The van der Waals surface area contributed by atoms with Gasteiger partial charge in [-0.3, -0.25) is 14.5 Å². The van der Waals surface area contributed by atoms with Crippen molar-refractivity contribution in [1.82, 2.24) is 9.80 Å².